The molecule has 2 rings (SSSR count). The van der Waals surface area contributed by atoms with E-state index in [-0.39, 0.29) is 10.9 Å². The summed E-state index contributed by atoms with van der Waals surface area (Å²) in [6, 6.07) is 5.17. The minimum absolute atomic E-state index is 0.260. The Morgan fingerprint density at radius 1 is 1.29 bits per heavy atom. The Hall–Kier alpha value is -1.86. The summed E-state index contributed by atoms with van der Waals surface area (Å²) in [5.41, 5.74) is 0.555. The van der Waals surface area contributed by atoms with Crippen LogP contribution in [0.4, 0.5) is 5.69 Å². The van der Waals surface area contributed by atoms with Crippen LogP contribution >= 0.6 is 12.2 Å². The van der Waals surface area contributed by atoms with Crippen molar-refractivity contribution in [2.24, 2.45) is 0 Å². The summed E-state index contributed by atoms with van der Waals surface area (Å²) >= 11 is 5.22. The molecule has 114 valence electrons. The number of carbonyl (C=O) groups excluding carboxylic acids is 1. The third kappa shape index (κ3) is 3.83. The van der Waals surface area contributed by atoms with E-state index in [1.54, 1.807) is 25.3 Å². The fraction of sp³-hybridized carbons (Fsp3) is 0.429. The molecule has 0 aromatic heterocycles. The number of nitrogens with one attached hydrogen (secondary N) is 1. The van der Waals surface area contributed by atoms with Crippen molar-refractivity contribution >= 4 is 28.8 Å². The number of rotatable bonds is 3. The van der Waals surface area contributed by atoms with E-state index < -0.39 is 0 Å². The zero-order valence-corrected chi connectivity index (χ0v) is 12.9. The van der Waals surface area contributed by atoms with E-state index in [1.807, 2.05) is 4.90 Å². The van der Waals surface area contributed by atoms with E-state index in [2.05, 4.69) is 5.32 Å². The molecule has 0 aliphatic carbocycles. The Morgan fingerprint density at radius 2 is 2.00 bits per heavy atom. The standard InChI is InChI=1S/C14H18N2O4S/c1-18-10-3-4-11(12(9-10)19-2)15-13(17)14(21)16-5-7-20-8-6-16/h3-4,9H,5-8H2,1-2H3,(H,15,17). The van der Waals surface area contributed by atoms with Crippen LogP contribution in [0.3, 0.4) is 0 Å². The largest absolute Gasteiger partial charge is 0.497 e. The molecule has 0 saturated carbocycles. The molecule has 7 heteroatoms. The molecule has 0 atom stereocenters. The highest BCUT2D eigenvalue weighted by Gasteiger charge is 2.20. The molecule has 1 aromatic rings. The van der Waals surface area contributed by atoms with Gasteiger partial charge in [-0.2, -0.15) is 0 Å². The lowest BCUT2D eigenvalue weighted by atomic mass is 10.2. The number of thiocarbonyl (C=S) groups is 1. The first-order valence-corrected chi connectivity index (χ1v) is 6.96. The molecule has 0 unspecified atom stereocenters. The van der Waals surface area contributed by atoms with Crippen molar-refractivity contribution in [3.05, 3.63) is 18.2 Å². The average Bonchev–Trinajstić information content (AvgIpc) is 2.55. The lowest BCUT2D eigenvalue weighted by Crippen LogP contribution is -2.44. The summed E-state index contributed by atoms with van der Waals surface area (Å²) in [6.45, 7) is 2.43. The van der Waals surface area contributed by atoms with Crippen molar-refractivity contribution in [2.75, 3.05) is 45.8 Å². The summed E-state index contributed by atoms with van der Waals surface area (Å²) in [4.78, 5) is 14.3. The summed E-state index contributed by atoms with van der Waals surface area (Å²) in [5.74, 6) is 0.850. The molecule has 0 radical (unpaired) electrons. The zero-order valence-electron chi connectivity index (χ0n) is 12.0. The van der Waals surface area contributed by atoms with E-state index in [1.165, 1.54) is 7.11 Å². The second-order valence-corrected chi connectivity index (χ2v) is 4.81. The van der Waals surface area contributed by atoms with Gasteiger partial charge in [0.2, 0.25) is 0 Å². The average molecular weight is 310 g/mol. The quantitative estimate of drug-likeness (QED) is 0.849. The van der Waals surface area contributed by atoms with Gasteiger partial charge in [0.25, 0.3) is 5.91 Å². The van der Waals surface area contributed by atoms with Crippen LogP contribution in [0.5, 0.6) is 11.5 Å². The van der Waals surface area contributed by atoms with Crippen molar-refractivity contribution in [1.82, 2.24) is 4.90 Å². The minimum atomic E-state index is -0.324. The number of benzene rings is 1. The Kier molecular flexibility index (Phi) is 5.35. The Balaban J connectivity index is 2.06. The van der Waals surface area contributed by atoms with Gasteiger partial charge in [0.1, 0.15) is 11.5 Å². The van der Waals surface area contributed by atoms with E-state index in [4.69, 9.17) is 26.4 Å². The maximum Gasteiger partial charge on any atom is 0.283 e. The maximum atomic E-state index is 12.2. The first kappa shape index (κ1) is 15.5. The molecule has 6 nitrogen and oxygen atoms in total. The van der Waals surface area contributed by atoms with Gasteiger partial charge in [0, 0.05) is 19.2 Å². The lowest BCUT2D eigenvalue weighted by molar-refractivity contribution is -0.111. The van der Waals surface area contributed by atoms with Gasteiger partial charge in [-0.15, -0.1) is 0 Å². The second-order valence-electron chi connectivity index (χ2n) is 4.42. The zero-order chi connectivity index (χ0) is 15.2. The molecular weight excluding hydrogens is 292 g/mol. The summed E-state index contributed by atoms with van der Waals surface area (Å²) in [7, 11) is 3.10. The van der Waals surface area contributed by atoms with Gasteiger partial charge in [0.05, 0.1) is 33.1 Å². The second kappa shape index (κ2) is 7.24. The van der Waals surface area contributed by atoms with Gasteiger partial charge < -0.3 is 24.4 Å². The predicted octanol–water partition coefficient (Wildman–Crippen LogP) is 1.30. The third-order valence-corrected chi connectivity index (χ3v) is 3.59. The molecular formula is C14H18N2O4S. The number of nitrogens with zero attached hydrogens (tertiary/aromatic N) is 1. The molecule has 0 spiro atoms. The first-order valence-electron chi connectivity index (χ1n) is 6.55. The first-order chi connectivity index (χ1) is 10.2. The van der Waals surface area contributed by atoms with Gasteiger partial charge >= 0.3 is 0 Å². The molecule has 1 heterocycles. The Morgan fingerprint density at radius 3 is 2.62 bits per heavy atom. The van der Waals surface area contributed by atoms with Crippen LogP contribution in [0.25, 0.3) is 0 Å². The highest BCUT2D eigenvalue weighted by molar-refractivity contribution is 7.82. The highest BCUT2D eigenvalue weighted by Crippen LogP contribution is 2.29. The van der Waals surface area contributed by atoms with E-state index >= 15 is 0 Å². The fourth-order valence-electron chi connectivity index (χ4n) is 1.99. The van der Waals surface area contributed by atoms with Crippen LogP contribution in [0, 0.1) is 0 Å². The number of carbonyl (C=O) groups is 1. The van der Waals surface area contributed by atoms with Crippen LogP contribution in [0.1, 0.15) is 0 Å². The number of hydrogen-bond acceptors (Lipinski definition) is 5. The van der Waals surface area contributed by atoms with Gasteiger partial charge in [-0.05, 0) is 12.1 Å². The highest BCUT2D eigenvalue weighted by atomic mass is 32.1. The van der Waals surface area contributed by atoms with Crippen molar-refractivity contribution in [2.45, 2.75) is 0 Å². The lowest BCUT2D eigenvalue weighted by Gasteiger charge is -2.28. The van der Waals surface area contributed by atoms with Crippen LogP contribution in [0.2, 0.25) is 0 Å². The molecule has 21 heavy (non-hydrogen) atoms. The van der Waals surface area contributed by atoms with Crippen molar-refractivity contribution in [3.8, 4) is 11.5 Å². The SMILES string of the molecule is COc1ccc(NC(=O)C(=S)N2CCOCC2)c(OC)c1. The Labute approximate surface area is 129 Å². The Bertz CT molecular complexity index is 530. The van der Waals surface area contributed by atoms with Crippen LogP contribution in [-0.4, -0.2) is 56.3 Å². The topological polar surface area (TPSA) is 60.0 Å². The van der Waals surface area contributed by atoms with Crippen LogP contribution < -0.4 is 14.8 Å². The van der Waals surface area contributed by atoms with Gasteiger partial charge in [-0.1, -0.05) is 12.2 Å². The number of methoxy groups -OCH3 is 2. The molecule has 1 fully saturated rings. The van der Waals surface area contributed by atoms with Crippen LogP contribution in [-0.2, 0) is 9.53 Å². The number of hydrogen-bond donors (Lipinski definition) is 1. The van der Waals surface area contributed by atoms with E-state index in [9.17, 15) is 4.79 Å². The molecule has 1 aromatic carbocycles. The molecule has 1 N–H and O–H groups in total. The van der Waals surface area contributed by atoms with Crippen molar-refractivity contribution in [3.63, 3.8) is 0 Å². The molecule has 1 aliphatic rings. The predicted molar refractivity (Wildman–Crippen MR) is 83.2 cm³/mol. The third-order valence-electron chi connectivity index (χ3n) is 3.15. The van der Waals surface area contributed by atoms with Gasteiger partial charge in [-0.25, -0.2) is 0 Å². The summed E-state index contributed by atoms with van der Waals surface area (Å²) in [5, 5.41) is 2.77. The van der Waals surface area contributed by atoms with E-state index in [0.717, 1.165) is 0 Å². The number of anilines is 1. The minimum Gasteiger partial charge on any atom is -0.497 e. The molecule has 1 amide bonds. The summed E-state index contributed by atoms with van der Waals surface area (Å²) < 4.78 is 15.6. The monoisotopic (exact) mass is 310 g/mol. The van der Waals surface area contributed by atoms with Gasteiger partial charge in [0.15, 0.2) is 4.99 Å². The fourth-order valence-corrected chi connectivity index (χ4v) is 2.22. The van der Waals surface area contributed by atoms with Gasteiger partial charge in [-0.3, -0.25) is 4.79 Å². The number of morpholine rings is 1. The van der Waals surface area contributed by atoms with Crippen molar-refractivity contribution < 1.29 is 19.0 Å². The number of amides is 1. The van der Waals surface area contributed by atoms with Crippen molar-refractivity contribution in [1.29, 1.82) is 0 Å². The number of ether oxygens (including phenoxy) is 3. The van der Waals surface area contributed by atoms with Crippen LogP contribution in [0.15, 0.2) is 18.2 Å². The normalized spacial score (nSPS) is 14.5. The molecule has 1 saturated heterocycles. The molecule has 0 bridgehead atoms. The maximum absolute atomic E-state index is 12.2. The summed E-state index contributed by atoms with van der Waals surface area (Å²) in [6.07, 6.45) is 0. The smallest absolute Gasteiger partial charge is 0.283 e. The molecule has 1 aliphatic heterocycles. The van der Waals surface area contributed by atoms with E-state index in [0.29, 0.717) is 43.5 Å².